The molecule has 1 aromatic carbocycles. The lowest BCUT2D eigenvalue weighted by molar-refractivity contribution is 0.629. The van der Waals surface area contributed by atoms with E-state index in [9.17, 15) is 4.39 Å². The van der Waals surface area contributed by atoms with Crippen molar-refractivity contribution in [3.8, 4) is 11.6 Å². The van der Waals surface area contributed by atoms with E-state index in [1.165, 1.54) is 12.1 Å². The van der Waals surface area contributed by atoms with Gasteiger partial charge in [0.1, 0.15) is 5.82 Å². The Morgan fingerprint density at radius 1 is 1.39 bits per heavy atom. The Hall–Kier alpha value is -2.44. The van der Waals surface area contributed by atoms with E-state index in [0.717, 1.165) is 5.52 Å². The highest BCUT2D eigenvalue weighted by Crippen LogP contribution is 2.23. The third-order valence-electron chi connectivity index (χ3n) is 2.74. The number of benzene rings is 1. The third kappa shape index (κ3) is 1.52. The van der Waals surface area contributed by atoms with E-state index < -0.39 is 0 Å². The Labute approximate surface area is 102 Å². The Bertz CT molecular complexity index is 713. The second-order valence-corrected chi connectivity index (χ2v) is 3.85. The Balaban J connectivity index is 2.28. The molecule has 3 aromatic rings. The lowest BCUT2D eigenvalue weighted by Gasteiger charge is -2.02. The maximum Gasteiger partial charge on any atom is 0.239 e. The van der Waals surface area contributed by atoms with Crippen LogP contribution in [0.15, 0.2) is 18.2 Å². The number of nitrogens with zero attached hydrogens (tertiary/aromatic N) is 4. The summed E-state index contributed by atoms with van der Waals surface area (Å²) in [5.74, 6) is 0.922. The third-order valence-corrected chi connectivity index (χ3v) is 2.74. The largest absolute Gasteiger partial charge is 0.366 e. The molecule has 92 valence electrons. The van der Waals surface area contributed by atoms with E-state index in [0.29, 0.717) is 23.7 Å². The van der Waals surface area contributed by atoms with Crippen molar-refractivity contribution in [2.45, 2.75) is 13.5 Å². The first-order chi connectivity index (χ1) is 8.69. The standard InChI is InChI=1S/C11H11FN6/c1-2-18-8-4-3-6(12)5-7(8)14-10(18)9-15-11(13)17-16-9/h3-5H,2H2,1H3,(H3,13,15,16,17). The van der Waals surface area contributed by atoms with E-state index in [1.54, 1.807) is 6.07 Å². The van der Waals surface area contributed by atoms with Crippen LogP contribution in [0.5, 0.6) is 0 Å². The van der Waals surface area contributed by atoms with E-state index in [4.69, 9.17) is 5.73 Å². The minimum Gasteiger partial charge on any atom is -0.366 e. The lowest BCUT2D eigenvalue weighted by atomic mass is 10.3. The van der Waals surface area contributed by atoms with Crippen LogP contribution in [0.2, 0.25) is 0 Å². The molecule has 3 rings (SSSR count). The molecule has 0 saturated heterocycles. The summed E-state index contributed by atoms with van der Waals surface area (Å²) >= 11 is 0. The van der Waals surface area contributed by atoms with Crippen LogP contribution in [0.4, 0.5) is 10.3 Å². The highest BCUT2D eigenvalue weighted by Gasteiger charge is 2.14. The number of imidazole rings is 1. The van der Waals surface area contributed by atoms with Crippen molar-refractivity contribution in [1.82, 2.24) is 24.7 Å². The lowest BCUT2D eigenvalue weighted by Crippen LogP contribution is -1.98. The molecule has 0 radical (unpaired) electrons. The van der Waals surface area contributed by atoms with Crippen molar-refractivity contribution >= 4 is 17.0 Å². The molecule has 6 nitrogen and oxygen atoms in total. The van der Waals surface area contributed by atoms with Crippen LogP contribution < -0.4 is 5.73 Å². The summed E-state index contributed by atoms with van der Waals surface area (Å²) in [7, 11) is 0. The smallest absolute Gasteiger partial charge is 0.239 e. The van der Waals surface area contributed by atoms with Gasteiger partial charge in [-0.2, -0.15) is 4.98 Å². The summed E-state index contributed by atoms with van der Waals surface area (Å²) in [6, 6.07) is 4.50. The second-order valence-electron chi connectivity index (χ2n) is 3.85. The molecule has 0 aliphatic rings. The van der Waals surface area contributed by atoms with Gasteiger partial charge in [-0.25, -0.2) is 9.37 Å². The van der Waals surface area contributed by atoms with Crippen molar-refractivity contribution in [2.24, 2.45) is 0 Å². The number of nitrogens with one attached hydrogen (secondary N) is 1. The van der Waals surface area contributed by atoms with Crippen LogP contribution in [0.1, 0.15) is 6.92 Å². The first kappa shape index (κ1) is 10.7. The molecule has 7 heteroatoms. The number of H-pyrrole nitrogens is 1. The fraction of sp³-hybridized carbons (Fsp3) is 0.182. The summed E-state index contributed by atoms with van der Waals surface area (Å²) < 4.78 is 15.1. The van der Waals surface area contributed by atoms with E-state index >= 15 is 0 Å². The molecular formula is C11H11FN6. The summed E-state index contributed by atoms with van der Waals surface area (Å²) in [4.78, 5) is 8.40. The molecule has 0 amide bonds. The zero-order chi connectivity index (χ0) is 12.7. The Morgan fingerprint density at radius 3 is 2.89 bits per heavy atom. The van der Waals surface area contributed by atoms with Crippen molar-refractivity contribution in [3.05, 3.63) is 24.0 Å². The first-order valence-corrected chi connectivity index (χ1v) is 5.53. The number of aromatic nitrogens is 5. The molecule has 0 atom stereocenters. The maximum absolute atomic E-state index is 13.2. The van der Waals surface area contributed by atoms with Crippen LogP contribution in [-0.4, -0.2) is 24.7 Å². The number of halogens is 1. The number of fused-ring (bicyclic) bond motifs is 1. The van der Waals surface area contributed by atoms with Gasteiger partial charge in [-0.15, -0.1) is 5.10 Å². The number of aromatic amines is 1. The van der Waals surface area contributed by atoms with Crippen LogP contribution >= 0.6 is 0 Å². The molecule has 2 heterocycles. The first-order valence-electron chi connectivity index (χ1n) is 5.53. The van der Waals surface area contributed by atoms with Crippen LogP contribution in [0.25, 0.3) is 22.7 Å². The molecule has 18 heavy (non-hydrogen) atoms. The molecule has 3 N–H and O–H groups in total. The quantitative estimate of drug-likeness (QED) is 0.718. The highest BCUT2D eigenvalue weighted by atomic mass is 19.1. The van der Waals surface area contributed by atoms with Crippen LogP contribution in [-0.2, 0) is 6.54 Å². The summed E-state index contributed by atoms with van der Waals surface area (Å²) in [6.45, 7) is 2.67. The van der Waals surface area contributed by atoms with Crippen LogP contribution in [0.3, 0.4) is 0 Å². The van der Waals surface area contributed by atoms with Crippen molar-refractivity contribution in [1.29, 1.82) is 0 Å². The summed E-state index contributed by atoms with van der Waals surface area (Å²) in [5, 5.41) is 6.48. The highest BCUT2D eigenvalue weighted by molar-refractivity contribution is 5.79. The van der Waals surface area contributed by atoms with Gasteiger partial charge in [-0.05, 0) is 19.1 Å². The summed E-state index contributed by atoms with van der Waals surface area (Å²) in [5.41, 5.74) is 6.91. The normalized spacial score (nSPS) is 11.2. The zero-order valence-corrected chi connectivity index (χ0v) is 9.68. The van der Waals surface area contributed by atoms with Gasteiger partial charge in [-0.3, -0.25) is 5.10 Å². The number of hydrogen-bond donors (Lipinski definition) is 2. The van der Waals surface area contributed by atoms with E-state index in [-0.39, 0.29) is 11.8 Å². The fourth-order valence-corrected chi connectivity index (χ4v) is 1.98. The number of rotatable bonds is 2. The molecule has 0 aliphatic heterocycles. The predicted molar refractivity (Wildman–Crippen MR) is 65.2 cm³/mol. The van der Waals surface area contributed by atoms with Gasteiger partial charge >= 0.3 is 0 Å². The minimum atomic E-state index is -0.313. The van der Waals surface area contributed by atoms with Gasteiger partial charge in [-0.1, -0.05) is 0 Å². The minimum absolute atomic E-state index is 0.158. The molecule has 0 aliphatic carbocycles. The van der Waals surface area contributed by atoms with Crippen LogP contribution in [0, 0.1) is 5.82 Å². The molecular weight excluding hydrogens is 235 g/mol. The molecule has 0 unspecified atom stereocenters. The molecule has 0 saturated carbocycles. The monoisotopic (exact) mass is 246 g/mol. The average molecular weight is 246 g/mol. The number of nitrogen functional groups attached to an aromatic ring is 1. The second kappa shape index (κ2) is 3.80. The number of nitrogens with two attached hydrogens (primary N) is 1. The number of hydrogen-bond acceptors (Lipinski definition) is 4. The average Bonchev–Trinajstić information content (AvgIpc) is 2.91. The van der Waals surface area contributed by atoms with E-state index in [1.807, 2.05) is 11.5 Å². The van der Waals surface area contributed by atoms with E-state index in [2.05, 4.69) is 20.2 Å². The predicted octanol–water partition coefficient (Wildman–Crippen LogP) is 1.56. The van der Waals surface area contributed by atoms with Gasteiger partial charge in [0.15, 0.2) is 11.6 Å². The van der Waals surface area contributed by atoms with Gasteiger partial charge in [0.05, 0.1) is 11.0 Å². The molecule has 0 fully saturated rings. The number of aryl methyl sites for hydroxylation is 1. The Morgan fingerprint density at radius 2 is 2.22 bits per heavy atom. The van der Waals surface area contributed by atoms with Gasteiger partial charge in [0, 0.05) is 12.6 Å². The van der Waals surface area contributed by atoms with Crippen molar-refractivity contribution < 1.29 is 4.39 Å². The SMILES string of the molecule is CCn1c(-c2nc(N)n[nH]2)nc2cc(F)ccc21. The molecule has 0 spiro atoms. The Kier molecular flexibility index (Phi) is 2.26. The molecule has 0 bridgehead atoms. The molecule has 2 aromatic heterocycles. The van der Waals surface area contributed by atoms with Gasteiger partial charge < -0.3 is 10.3 Å². The number of anilines is 1. The fourth-order valence-electron chi connectivity index (χ4n) is 1.98. The van der Waals surface area contributed by atoms with Gasteiger partial charge in [0.25, 0.3) is 0 Å². The topological polar surface area (TPSA) is 85.4 Å². The van der Waals surface area contributed by atoms with Crippen molar-refractivity contribution in [2.75, 3.05) is 5.73 Å². The van der Waals surface area contributed by atoms with Gasteiger partial charge in [0.2, 0.25) is 5.95 Å². The maximum atomic E-state index is 13.2. The van der Waals surface area contributed by atoms with Crippen molar-refractivity contribution in [3.63, 3.8) is 0 Å². The zero-order valence-electron chi connectivity index (χ0n) is 9.68. The summed E-state index contributed by atoms with van der Waals surface area (Å²) in [6.07, 6.45) is 0.